The van der Waals surface area contributed by atoms with Crippen LogP contribution in [0.2, 0.25) is 0 Å². The van der Waals surface area contributed by atoms with E-state index in [1.54, 1.807) is 12.1 Å². The molecule has 285 valence electrons. The van der Waals surface area contributed by atoms with Gasteiger partial charge in [-0.3, -0.25) is 8.78 Å². The number of aryl methyl sites for hydroxylation is 3. The van der Waals surface area contributed by atoms with E-state index in [0.717, 1.165) is 70.8 Å². The van der Waals surface area contributed by atoms with Crippen molar-refractivity contribution in [3.63, 3.8) is 0 Å². The van der Waals surface area contributed by atoms with E-state index in [9.17, 15) is 8.78 Å². The molecule has 0 aliphatic carbocycles. The van der Waals surface area contributed by atoms with Crippen LogP contribution in [0.4, 0.5) is 8.78 Å². The number of rotatable bonds is 8. The van der Waals surface area contributed by atoms with Crippen molar-refractivity contribution in [3.05, 3.63) is 168 Å². The molecule has 3 heterocycles. The van der Waals surface area contributed by atoms with Crippen molar-refractivity contribution in [1.29, 1.82) is 0 Å². The fourth-order valence-corrected chi connectivity index (χ4v) is 6.22. The maximum atomic E-state index is 13.4. The van der Waals surface area contributed by atoms with Gasteiger partial charge in [0.05, 0.1) is 18.1 Å². The Balaban J connectivity index is 0.000000283. The van der Waals surface area contributed by atoms with E-state index < -0.39 is 0 Å². The van der Waals surface area contributed by atoms with Crippen LogP contribution in [-0.4, -0.2) is 14.5 Å². The summed E-state index contributed by atoms with van der Waals surface area (Å²) >= 11 is 0. The number of halogens is 2. The predicted molar refractivity (Wildman–Crippen MR) is 213 cm³/mol. The number of imidazole rings is 1. The van der Waals surface area contributed by atoms with Crippen molar-refractivity contribution < 1.29 is 33.5 Å². The summed E-state index contributed by atoms with van der Waals surface area (Å²) in [5, 5.41) is 0. The number of benzene rings is 4. The molecule has 0 aliphatic rings. The fourth-order valence-electron chi connectivity index (χ4n) is 6.22. The molecule has 0 amide bonds. The molecule has 7 aromatic rings. The molecule has 0 N–H and O–H groups in total. The van der Waals surface area contributed by atoms with Gasteiger partial charge in [-0.05, 0) is 71.2 Å². The largest absolute Gasteiger partial charge is 0.342 e. The molecular weight excluding hydrogens is 863 g/mol. The van der Waals surface area contributed by atoms with Gasteiger partial charge in [0.1, 0.15) is 0 Å². The van der Waals surface area contributed by atoms with Gasteiger partial charge in [-0.2, -0.15) is 30.3 Å². The summed E-state index contributed by atoms with van der Waals surface area (Å²) in [5.74, 6) is -0.601. The molecule has 0 bridgehead atoms. The molecule has 3 aromatic heterocycles. The van der Waals surface area contributed by atoms with Crippen molar-refractivity contribution >= 4 is 11.0 Å². The summed E-state index contributed by atoms with van der Waals surface area (Å²) in [6, 6.07) is 43.1. The first kappa shape index (κ1) is 41.3. The van der Waals surface area contributed by atoms with E-state index in [2.05, 4.69) is 102 Å². The summed E-state index contributed by atoms with van der Waals surface area (Å²) in [6.07, 6.45) is 6.89. The van der Waals surface area contributed by atoms with Gasteiger partial charge < -0.3 is 19.1 Å². The van der Waals surface area contributed by atoms with Gasteiger partial charge in [0.15, 0.2) is 0 Å². The summed E-state index contributed by atoms with van der Waals surface area (Å²) in [7, 11) is 2.00. The van der Waals surface area contributed by atoms with Gasteiger partial charge in [-0.25, -0.2) is 0 Å². The molecule has 0 atom stereocenters. The molecule has 1 radical (unpaired) electrons. The smallest absolute Gasteiger partial charge is 0.242 e. The van der Waals surface area contributed by atoms with Crippen LogP contribution in [0.15, 0.2) is 109 Å². The SMILES string of the molecule is CC(C)(C)c1cc(CCCCc2cc(C(C)(C)C)cc(-c3[c-]cc(F)cc3)n2)nc(-c2[c-]cc(F)cc2)c1.C[n+]1[c-]n(-c2[c-]cccc2)c2ccccc21.[Ir]. The zero-order chi connectivity index (χ0) is 38.5. The van der Waals surface area contributed by atoms with E-state index in [1.807, 2.05) is 52.6 Å². The van der Waals surface area contributed by atoms with Crippen LogP contribution >= 0.6 is 0 Å². The number of unbranched alkanes of at least 4 members (excludes halogenated alkanes) is 1. The number of aromatic nitrogens is 4. The number of fused-ring (bicyclic) bond motifs is 1. The molecule has 0 spiro atoms. The average molecular weight is 910 g/mol. The third-order valence-corrected chi connectivity index (χ3v) is 9.37. The monoisotopic (exact) mass is 910 g/mol. The predicted octanol–water partition coefficient (Wildman–Crippen LogP) is 10.9. The topological polar surface area (TPSA) is 34.6 Å². The van der Waals surface area contributed by atoms with E-state index in [4.69, 9.17) is 9.97 Å². The summed E-state index contributed by atoms with van der Waals surface area (Å²) < 4.78 is 30.9. The van der Waals surface area contributed by atoms with Crippen molar-refractivity contribution in [1.82, 2.24) is 14.5 Å². The maximum Gasteiger partial charge on any atom is 0.242 e. The standard InChI is InChI=1S/C34H36F2N2.C14H11N2.Ir/c1-33(2,3)25-19-29(37-31(21-25)23-11-15-27(35)16-12-23)9-7-8-10-30-20-26(34(4,5)6)22-32(38-30)24-13-17-28(36)18-14-24;1-15-11-16(12-7-3-2-4-8-12)14-10-6-5-9-13(14)15;/h11,13,15-22H,7-10H2,1-6H3;2-7,9-10H,1H3;/q-2;-1;. The molecule has 55 heavy (non-hydrogen) atoms. The first-order valence-corrected chi connectivity index (χ1v) is 18.5. The van der Waals surface area contributed by atoms with Crippen LogP contribution in [0, 0.1) is 36.2 Å². The Morgan fingerprint density at radius 1 is 0.636 bits per heavy atom. The van der Waals surface area contributed by atoms with Gasteiger partial charge in [0.25, 0.3) is 0 Å². The molecule has 0 unspecified atom stereocenters. The first-order chi connectivity index (χ1) is 25.7. The average Bonchev–Trinajstić information content (AvgIpc) is 3.50. The minimum Gasteiger partial charge on any atom is -0.342 e. The van der Waals surface area contributed by atoms with Crippen LogP contribution in [-0.2, 0) is 50.8 Å². The van der Waals surface area contributed by atoms with E-state index in [1.165, 1.54) is 40.9 Å². The number of para-hydroxylation sites is 3. The van der Waals surface area contributed by atoms with Gasteiger partial charge in [-0.15, -0.1) is 59.7 Å². The second-order valence-electron chi connectivity index (χ2n) is 15.7. The number of hydrogen-bond acceptors (Lipinski definition) is 2. The molecule has 7 rings (SSSR count). The molecule has 0 saturated carbocycles. The quantitative estimate of drug-likeness (QED) is 0.0865. The molecule has 0 fully saturated rings. The Labute approximate surface area is 338 Å². The fraction of sp³-hybridized carbons (Fsp3) is 0.271. The maximum absolute atomic E-state index is 13.4. The number of nitrogens with zero attached hydrogens (tertiary/aromatic N) is 4. The third kappa shape index (κ3) is 10.7. The van der Waals surface area contributed by atoms with Crippen molar-refractivity contribution in [2.45, 2.75) is 78.1 Å². The Morgan fingerprint density at radius 2 is 1.15 bits per heavy atom. The van der Waals surface area contributed by atoms with Crippen LogP contribution in [0.5, 0.6) is 0 Å². The van der Waals surface area contributed by atoms with Gasteiger partial charge in [0.2, 0.25) is 6.33 Å². The second kappa shape index (κ2) is 17.7. The normalized spacial score (nSPS) is 11.5. The Kier molecular flexibility index (Phi) is 13.3. The van der Waals surface area contributed by atoms with Crippen molar-refractivity contribution in [2.75, 3.05) is 0 Å². The van der Waals surface area contributed by atoms with Crippen LogP contribution in [0.1, 0.15) is 76.9 Å². The minimum atomic E-state index is -0.300. The summed E-state index contributed by atoms with van der Waals surface area (Å²) in [6.45, 7) is 13.1. The Morgan fingerprint density at radius 3 is 1.60 bits per heavy atom. The Hall–Kier alpha value is -4.84. The van der Waals surface area contributed by atoms with E-state index >= 15 is 0 Å². The summed E-state index contributed by atoms with van der Waals surface area (Å²) in [5.41, 5.74) is 11.0. The molecule has 4 aromatic carbocycles. The van der Waals surface area contributed by atoms with Crippen LogP contribution < -0.4 is 4.57 Å². The van der Waals surface area contributed by atoms with E-state index in [0.29, 0.717) is 0 Å². The van der Waals surface area contributed by atoms with Gasteiger partial charge >= 0.3 is 0 Å². The molecular formula is C48H47F2IrN4-3. The van der Waals surface area contributed by atoms with Crippen molar-refractivity contribution in [3.8, 4) is 28.2 Å². The molecule has 0 aliphatic heterocycles. The van der Waals surface area contributed by atoms with Gasteiger partial charge in [-0.1, -0.05) is 83.6 Å². The third-order valence-electron chi connectivity index (χ3n) is 9.37. The Bertz CT molecular complexity index is 2210. The molecule has 0 saturated heterocycles. The summed E-state index contributed by atoms with van der Waals surface area (Å²) in [4.78, 5) is 9.79. The second-order valence-corrected chi connectivity index (χ2v) is 15.7. The molecule has 7 heteroatoms. The molecule has 4 nitrogen and oxygen atoms in total. The zero-order valence-electron chi connectivity index (χ0n) is 32.6. The minimum absolute atomic E-state index is 0. The van der Waals surface area contributed by atoms with E-state index in [-0.39, 0.29) is 42.6 Å². The number of hydrogen-bond donors (Lipinski definition) is 0. The zero-order valence-corrected chi connectivity index (χ0v) is 35.0. The number of pyridine rings is 2. The van der Waals surface area contributed by atoms with Crippen LogP contribution in [0.25, 0.3) is 39.2 Å². The van der Waals surface area contributed by atoms with Gasteiger partial charge in [0, 0.05) is 43.1 Å². The first-order valence-electron chi connectivity index (χ1n) is 18.5. The van der Waals surface area contributed by atoms with Crippen LogP contribution in [0.3, 0.4) is 0 Å². The van der Waals surface area contributed by atoms with Crippen molar-refractivity contribution in [2.24, 2.45) is 7.05 Å².